The zero-order valence-corrected chi connectivity index (χ0v) is 13.7. The van der Waals surface area contributed by atoms with Crippen LogP contribution in [0.2, 0.25) is 0 Å². The number of halogens is 1. The first kappa shape index (κ1) is 16.7. The lowest BCUT2D eigenvalue weighted by atomic mass is 9.81. The Morgan fingerprint density at radius 3 is 2.92 bits per heavy atom. The highest BCUT2D eigenvalue weighted by Gasteiger charge is 2.26. The highest BCUT2D eigenvalue weighted by atomic mass is 19.1. The molecule has 0 radical (unpaired) electrons. The standard InChI is InChI=1S/C18H18FN5O/c1-20-17-13(6-5-12-7-16(8-12)22-11-25)10-21-18(24-17)23-15-4-2-3-14(19)9-15/h2-4,9-12,16H,7-8H2,1H3,(H,22,25)(H2,20,21,23,24)/t12-,16+. The van der Waals surface area contributed by atoms with E-state index in [-0.39, 0.29) is 17.8 Å². The van der Waals surface area contributed by atoms with E-state index in [0.29, 0.717) is 23.0 Å². The average molecular weight is 339 g/mol. The summed E-state index contributed by atoms with van der Waals surface area (Å²) in [4.78, 5) is 19.0. The molecule has 6 nitrogen and oxygen atoms in total. The van der Waals surface area contributed by atoms with Crippen LogP contribution in [-0.4, -0.2) is 29.5 Å². The van der Waals surface area contributed by atoms with E-state index >= 15 is 0 Å². The van der Waals surface area contributed by atoms with Gasteiger partial charge in [0.05, 0.1) is 11.8 Å². The first-order valence-corrected chi connectivity index (χ1v) is 7.96. The molecule has 0 unspecified atom stereocenters. The zero-order chi connectivity index (χ0) is 17.6. The van der Waals surface area contributed by atoms with Crippen LogP contribution in [0.4, 0.5) is 21.8 Å². The van der Waals surface area contributed by atoms with Crippen LogP contribution >= 0.6 is 0 Å². The normalized spacial score (nSPS) is 18.3. The second-order valence-electron chi connectivity index (χ2n) is 5.76. The summed E-state index contributed by atoms with van der Waals surface area (Å²) in [6, 6.07) is 6.33. The summed E-state index contributed by atoms with van der Waals surface area (Å²) in [6.07, 6.45) is 4.08. The Morgan fingerprint density at radius 1 is 1.36 bits per heavy atom. The number of nitrogens with zero attached hydrogens (tertiary/aromatic N) is 2. The van der Waals surface area contributed by atoms with Gasteiger partial charge < -0.3 is 16.0 Å². The summed E-state index contributed by atoms with van der Waals surface area (Å²) < 4.78 is 13.2. The molecular formula is C18H18FN5O. The van der Waals surface area contributed by atoms with Crippen molar-refractivity contribution < 1.29 is 9.18 Å². The van der Waals surface area contributed by atoms with Gasteiger partial charge >= 0.3 is 0 Å². The Labute approximate surface area is 145 Å². The van der Waals surface area contributed by atoms with Gasteiger partial charge in [0.2, 0.25) is 12.4 Å². The fraction of sp³-hybridized carbons (Fsp3) is 0.278. The largest absolute Gasteiger partial charge is 0.372 e. The summed E-state index contributed by atoms with van der Waals surface area (Å²) in [5, 5.41) is 8.70. The van der Waals surface area contributed by atoms with E-state index in [0.717, 1.165) is 19.3 Å². The van der Waals surface area contributed by atoms with Crippen LogP contribution in [0.25, 0.3) is 0 Å². The number of rotatable bonds is 5. The highest BCUT2D eigenvalue weighted by Crippen LogP contribution is 2.26. The Balaban J connectivity index is 1.69. The van der Waals surface area contributed by atoms with Crippen LogP contribution in [0.1, 0.15) is 18.4 Å². The second-order valence-corrected chi connectivity index (χ2v) is 5.76. The van der Waals surface area contributed by atoms with Crippen molar-refractivity contribution in [1.82, 2.24) is 15.3 Å². The minimum absolute atomic E-state index is 0.231. The van der Waals surface area contributed by atoms with Gasteiger partial charge in [-0.15, -0.1) is 0 Å². The lowest BCUT2D eigenvalue weighted by Gasteiger charge is -2.30. The van der Waals surface area contributed by atoms with Crippen molar-refractivity contribution >= 4 is 23.9 Å². The third kappa shape index (κ3) is 4.23. The number of carbonyl (C=O) groups is 1. The molecule has 1 aliphatic carbocycles. The molecule has 2 aromatic rings. The molecule has 7 heteroatoms. The zero-order valence-electron chi connectivity index (χ0n) is 13.7. The van der Waals surface area contributed by atoms with E-state index in [1.54, 1.807) is 25.4 Å². The maximum Gasteiger partial charge on any atom is 0.229 e. The predicted molar refractivity (Wildman–Crippen MR) is 93.9 cm³/mol. The molecule has 3 rings (SSSR count). The average Bonchev–Trinajstić information content (AvgIpc) is 2.57. The number of aromatic nitrogens is 2. The van der Waals surface area contributed by atoms with Gasteiger partial charge in [-0.1, -0.05) is 17.9 Å². The number of nitrogens with one attached hydrogen (secondary N) is 3. The summed E-state index contributed by atoms with van der Waals surface area (Å²) in [7, 11) is 1.76. The summed E-state index contributed by atoms with van der Waals surface area (Å²) in [5.74, 6) is 7.17. The molecule has 25 heavy (non-hydrogen) atoms. The van der Waals surface area contributed by atoms with Crippen molar-refractivity contribution in [2.75, 3.05) is 17.7 Å². The van der Waals surface area contributed by atoms with Crippen LogP contribution < -0.4 is 16.0 Å². The number of hydrogen-bond donors (Lipinski definition) is 3. The Hall–Kier alpha value is -3.14. The summed E-state index contributed by atoms with van der Waals surface area (Å²) >= 11 is 0. The smallest absolute Gasteiger partial charge is 0.229 e. The molecule has 1 amide bonds. The minimum atomic E-state index is -0.329. The topological polar surface area (TPSA) is 78.9 Å². The number of amides is 1. The highest BCUT2D eigenvalue weighted by molar-refractivity contribution is 5.59. The second kappa shape index (κ2) is 7.62. The predicted octanol–water partition coefficient (Wildman–Crippen LogP) is 2.28. The molecule has 1 aromatic heterocycles. The van der Waals surface area contributed by atoms with Gasteiger partial charge in [0.25, 0.3) is 0 Å². The Morgan fingerprint density at radius 2 is 2.20 bits per heavy atom. The lowest BCUT2D eigenvalue weighted by molar-refractivity contribution is -0.110. The van der Waals surface area contributed by atoms with E-state index in [4.69, 9.17) is 0 Å². The minimum Gasteiger partial charge on any atom is -0.372 e. The van der Waals surface area contributed by atoms with Gasteiger partial charge in [0.15, 0.2) is 0 Å². The quantitative estimate of drug-likeness (QED) is 0.575. The van der Waals surface area contributed by atoms with E-state index in [1.807, 2.05) is 0 Å². The van der Waals surface area contributed by atoms with Crippen molar-refractivity contribution in [2.45, 2.75) is 18.9 Å². The third-order valence-corrected chi connectivity index (χ3v) is 3.96. The van der Waals surface area contributed by atoms with Crippen LogP contribution in [0, 0.1) is 23.6 Å². The molecule has 0 aliphatic heterocycles. The van der Waals surface area contributed by atoms with Gasteiger partial charge in [-0.25, -0.2) is 9.37 Å². The number of carbonyl (C=O) groups excluding carboxylic acids is 1. The van der Waals surface area contributed by atoms with Crippen LogP contribution in [0.3, 0.4) is 0 Å². The van der Waals surface area contributed by atoms with E-state index in [1.165, 1.54) is 12.1 Å². The van der Waals surface area contributed by atoms with E-state index in [2.05, 4.69) is 37.8 Å². The van der Waals surface area contributed by atoms with E-state index < -0.39 is 0 Å². The molecule has 0 atom stereocenters. The van der Waals surface area contributed by atoms with Crippen molar-refractivity contribution in [2.24, 2.45) is 5.92 Å². The van der Waals surface area contributed by atoms with Gasteiger partial charge in [-0.3, -0.25) is 4.79 Å². The molecule has 1 aromatic carbocycles. The molecule has 3 N–H and O–H groups in total. The SMILES string of the molecule is CNc1nc(Nc2cccc(F)c2)ncc1C#C[C@H]1C[C@@H](NC=O)C1. The molecule has 0 spiro atoms. The van der Waals surface area contributed by atoms with E-state index in [9.17, 15) is 9.18 Å². The van der Waals surface area contributed by atoms with Crippen molar-refractivity contribution in [3.63, 3.8) is 0 Å². The molecule has 0 saturated heterocycles. The fourth-order valence-electron chi connectivity index (χ4n) is 2.57. The summed E-state index contributed by atoms with van der Waals surface area (Å²) in [5.41, 5.74) is 1.27. The lowest BCUT2D eigenvalue weighted by Crippen LogP contribution is -2.39. The van der Waals surface area contributed by atoms with Gasteiger partial charge in [-0.2, -0.15) is 4.98 Å². The maximum atomic E-state index is 13.2. The monoisotopic (exact) mass is 339 g/mol. The van der Waals surface area contributed by atoms with Gasteiger partial charge in [0, 0.05) is 24.7 Å². The molecule has 0 bridgehead atoms. The Bertz CT molecular complexity index is 824. The molecule has 128 valence electrons. The fourth-order valence-corrected chi connectivity index (χ4v) is 2.57. The van der Waals surface area contributed by atoms with Crippen LogP contribution in [0.5, 0.6) is 0 Å². The van der Waals surface area contributed by atoms with Crippen molar-refractivity contribution in [3.8, 4) is 11.8 Å². The molecule has 1 heterocycles. The molecular weight excluding hydrogens is 321 g/mol. The Kier molecular flexibility index (Phi) is 5.09. The van der Waals surface area contributed by atoms with Gasteiger partial charge in [-0.05, 0) is 31.0 Å². The maximum absolute atomic E-state index is 13.2. The molecule has 1 fully saturated rings. The number of anilines is 3. The molecule has 1 aliphatic rings. The number of hydrogen-bond acceptors (Lipinski definition) is 5. The molecule has 1 saturated carbocycles. The van der Waals surface area contributed by atoms with Crippen molar-refractivity contribution in [1.29, 1.82) is 0 Å². The third-order valence-electron chi connectivity index (χ3n) is 3.96. The number of benzene rings is 1. The van der Waals surface area contributed by atoms with Crippen LogP contribution in [0.15, 0.2) is 30.5 Å². The summed E-state index contributed by atoms with van der Waals surface area (Å²) in [6.45, 7) is 0. The van der Waals surface area contributed by atoms with Crippen LogP contribution in [-0.2, 0) is 4.79 Å². The first-order valence-electron chi connectivity index (χ1n) is 7.96. The first-order chi connectivity index (χ1) is 12.2. The van der Waals surface area contributed by atoms with Crippen molar-refractivity contribution in [3.05, 3.63) is 41.8 Å². The van der Waals surface area contributed by atoms with Gasteiger partial charge in [0.1, 0.15) is 11.6 Å².